The van der Waals surface area contributed by atoms with Gasteiger partial charge in [0.1, 0.15) is 29.4 Å². The first-order valence-corrected chi connectivity index (χ1v) is 11.6. The number of halogens is 3. The van der Waals surface area contributed by atoms with Crippen molar-refractivity contribution in [2.24, 2.45) is 0 Å². The number of hydrogen-bond acceptors (Lipinski definition) is 7. The second-order valence-corrected chi connectivity index (χ2v) is 8.14. The maximum absolute atomic E-state index is 13.9. The van der Waals surface area contributed by atoms with Crippen LogP contribution in [0.25, 0.3) is 11.0 Å². The van der Waals surface area contributed by atoms with E-state index in [2.05, 4.69) is 0 Å². The van der Waals surface area contributed by atoms with Crippen LogP contribution in [0.15, 0.2) is 75.9 Å². The van der Waals surface area contributed by atoms with Crippen molar-refractivity contribution < 1.29 is 41.3 Å². The van der Waals surface area contributed by atoms with Crippen LogP contribution in [0.3, 0.4) is 0 Å². The third kappa shape index (κ3) is 6.08. The van der Waals surface area contributed by atoms with Crippen LogP contribution in [0, 0.1) is 0 Å². The first kappa shape index (κ1) is 26.6. The minimum absolute atomic E-state index is 0.0892. The Hall–Kier alpha value is -4.47. The van der Waals surface area contributed by atoms with E-state index < -0.39 is 29.1 Å². The van der Waals surface area contributed by atoms with Crippen LogP contribution in [0.1, 0.15) is 35.0 Å². The molecule has 0 radical (unpaired) electrons. The molecule has 0 aliphatic rings. The highest BCUT2D eigenvalue weighted by atomic mass is 19.4. The Bertz CT molecular complexity index is 1470. The highest BCUT2D eigenvalue weighted by Gasteiger charge is 2.40. The summed E-state index contributed by atoms with van der Waals surface area (Å²) in [6.07, 6.45) is -4.38. The van der Waals surface area contributed by atoms with Crippen LogP contribution in [0.5, 0.6) is 23.0 Å². The Labute approximate surface area is 215 Å². The van der Waals surface area contributed by atoms with E-state index in [0.29, 0.717) is 12.2 Å². The fourth-order valence-electron chi connectivity index (χ4n) is 3.47. The third-order valence-corrected chi connectivity index (χ3v) is 5.39. The van der Waals surface area contributed by atoms with Crippen LogP contribution in [-0.2, 0) is 17.5 Å². The number of carbonyl (C=O) groups excluding carboxylic acids is 1. The lowest BCUT2D eigenvalue weighted by atomic mass is 10.2. The molecule has 0 N–H and O–H groups in total. The van der Waals surface area contributed by atoms with Gasteiger partial charge >= 0.3 is 12.1 Å². The SMILES string of the molecule is CCCOC(=O)c1ccc(Oc2c(C(F)(F)F)oc3cc(OCc4ccc(OC)cc4)ccc3c2=O)cc1. The van der Waals surface area contributed by atoms with Gasteiger partial charge in [-0.2, -0.15) is 13.2 Å². The van der Waals surface area contributed by atoms with Crippen molar-refractivity contribution in [3.8, 4) is 23.0 Å². The van der Waals surface area contributed by atoms with Crippen molar-refractivity contribution in [1.29, 1.82) is 0 Å². The van der Waals surface area contributed by atoms with Crippen molar-refractivity contribution in [3.05, 3.63) is 93.8 Å². The van der Waals surface area contributed by atoms with Gasteiger partial charge in [-0.25, -0.2) is 4.79 Å². The van der Waals surface area contributed by atoms with E-state index in [1.165, 1.54) is 42.5 Å². The average Bonchev–Trinajstić information content (AvgIpc) is 2.92. The predicted octanol–water partition coefficient (Wildman–Crippen LogP) is 6.76. The van der Waals surface area contributed by atoms with Gasteiger partial charge in [0.05, 0.1) is 24.7 Å². The molecule has 0 atom stereocenters. The van der Waals surface area contributed by atoms with Crippen LogP contribution in [0.4, 0.5) is 13.2 Å². The normalized spacial score (nSPS) is 11.3. The van der Waals surface area contributed by atoms with E-state index in [0.717, 1.165) is 5.56 Å². The predicted molar refractivity (Wildman–Crippen MR) is 132 cm³/mol. The van der Waals surface area contributed by atoms with E-state index in [1.54, 1.807) is 31.4 Å². The smallest absolute Gasteiger partial charge is 0.453 e. The second-order valence-electron chi connectivity index (χ2n) is 8.14. The Morgan fingerprint density at radius 2 is 1.58 bits per heavy atom. The highest BCUT2D eigenvalue weighted by molar-refractivity contribution is 5.89. The molecule has 0 amide bonds. The van der Waals surface area contributed by atoms with E-state index in [1.807, 2.05) is 6.92 Å². The number of methoxy groups -OCH3 is 1. The molecule has 0 spiro atoms. The topological polar surface area (TPSA) is 84.2 Å². The molecule has 7 nitrogen and oxygen atoms in total. The molecule has 4 aromatic rings. The first-order chi connectivity index (χ1) is 18.2. The lowest BCUT2D eigenvalue weighted by Gasteiger charge is -2.14. The third-order valence-electron chi connectivity index (χ3n) is 5.39. The quantitative estimate of drug-likeness (QED) is 0.222. The second kappa shape index (κ2) is 11.3. The fourth-order valence-corrected chi connectivity index (χ4v) is 3.47. The maximum Gasteiger partial charge on any atom is 0.453 e. The van der Waals surface area contributed by atoms with Crippen LogP contribution in [0.2, 0.25) is 0 Å². The summed E-state index contributed by atoms with van der Waals surface area (Å²) in [6.45, 7) is 2.21. The molecule has 0 aliphatic heterocycles. The van der Waals surface area contributed by atoms with Crippen molar-refractivity contribution >= 4 is 16.9 Å². The molecule has 38 heavy (non-hydrogen) atoms. The Morgan fingerprint density at radius 3 is 2.21 bits per heavy atom. The van der Waals surface area contributed by atoms with Gasteiger partial charge in [-0.05, 0) is 60.5 Å². The molecule has 0 saturated heterocycles. The van der Waals surface area contributed by atoms with Gasteiger partial charge in [-0.15, -0.1) is 0 Å². The highest BCUT2D eigenvalue weighted by Crippen LogP contribution is 2.38. The van der Waals surface area contributed by atoms with Gasteiger partial charge < -0.3 is 23.4 Å². The van der Waals surface area contributed by atoms with E-state index in [-0.39, 0.29) is 41.2 Å². The number of hydrogen-bond donors (Lipinski definition) is 0. The molecule has 0 unspecified atom stereocenters. The number of ether oxygens (including phenoxy) is 4. The Morgan fingerprint density at radius 1 is 0.921 bits per heavy atom. The molecule has 0 aliphatic carbocycles. The van der Waals surface area contributed by atoms with Crippen LogP contribution >= 0.6 is 0 Å². The van der Waals surface area contributed by atoms with Crippen molar-refractivity contribution in [1.82, 2.24) is 0 Å². The summed E-state index contributed by atoms with van der Waals surface area (Å²) in [7, 11) is 1.54. The van der Waals surface area contributed by atoms with Gasteiger partial charge in [-0.3, -0.25) is 4.79 Å². The molecular weight excluding hydrogens is 505 g/mol. The number of alkyl halides is 3. The number of esters is 1. The fraction of sp³-hybridized carbons (Fsp3) is 0.214. The zero-order chi connectivity index (χ0) is 27.3. The average molecular weight is 528 g/mol. The summed E-state index contributed by atoms with van der Waals surface area (Å²) in [5, 5.41) is -0.121. The van der Waals surface area contributed by atoms with Crippen molar-refractivity contribution in [2.45, 2.75) is 26.1 Å². The molecule has 3 aromatic carbocycles. The van der Waals surface area contributed by atoms with Crippen molar-refractivity contribution in [2.75, 3.05) is 13.7 Å². The Kier molecular flexibility index (Phi) is 7.90. The number of carbonyl (C=O) groups is 1. The lowest BCUT2D eigenvalue weighted by molar-refractivity contribution is -0.154. The molecule has 4 rings (SSSR count). The molecule has 1 heterocycles. The molecule has 0 fully saturated rings. The van der Waals surface area contributed by atoms with E-state index in [4.69, 9.17) is 23.4 Å². The number of rotatable bonds is 9. The molecule has 1 aromatic heterocycles. The zero-order valence-corrected chi connectivity index (χ0v) is 20.5. The first-order valence-electron chi connectivity index (χ1n) is 11.6. The summed E-state index contributed by atoms with van der Waals surface area (Å²) in [4.78, 5) is 25.0. The standard InChI is InChI=1S/C28H23F3O7/c1-3-14-35-27(33)18-6-10-20(11-7-18)37-25-24(32)22-13-12-21(15-23(22)38-26(25)28(29,30)31)36-16-17-4-8-19(34-2)9-5-17/h4-13,15H,3,14,16H2,1-2H3. The molecule has 0 bridgehead atoms. The largest absolute Gasteiger partial charge is 0.497 e. The summed E-state index contributed by atoms with van der Waals surface area (Å²) >= 11 is 0. The number of benzene rings is 3. The van der Waals surface area contributed by atoms with E-state index in [9.17, 15) is 22.8 Å². The number of fused-ring (bicyclic) bond motifs is 1. The van der Waals surface area contributed by atoms with Gasteiger partial charge in [0, 0.05) is 6.07 Å². The lowest BCUT2D eigenvalue weighted by Crippen LogP contribution is -2.15. The van der Waals surface area contributed by atoms with Crippen LogP contribution < -0.4 is 19.6 Å². The summed E-state index contributed by atoms with van der Waals surface area (Å²) in [6, 6.07) is 16.2. The van der Waals surface area contributed by atoms with E-state index >= 15 is 0 Å². The van der Waals surface area contributed by atoms with Crippen molar-refractivity contribution in [3.63, 3.8) is 0 Å². The minimum atomic E-state index is -5.02. The molecular formula is C28H23F3O7. The van der Waals surface area contributed by atoms with Gasteiger partial charge in [-0.1, -0.05) is 19.1 Å². The minimum Gasteiger partial charge on any atom is -0.497 e. The van der Waals surface area contributed by atoms with Gasteiger partial charge in [0.15, 0.2) is 0 Å². The molecule has 198 valence electrons. The monoisotopic (exact) mass is 528 g/mol. The summed E-state index contributed by atoms with van der Waals surface area (Å²) < 4.78 is 67.8. The van der Waals surface area contributed by atoms with Gasteiger partial charge in [0.25, 0.3) is 5.76 Å². The van der Waals surface area contributed by atoms with Crippen LogP contribution in [-0.4, -0.2) is 19.7 Å². The zero-order valence-electron chi connectivity index (χ0n) is 20.5. The molecule has 0 saturated carbocycles. The summed E-state index contributed by atoms with van der Waals surface area (Å²) in [5.41, 5.74) is -0.325. The summed E-state index contributed by atoms with van der Waals surface area (Å²) in [5.74, 6) is -2.39. The Balaban J connectivity index is 1.61. The molecule has 10 heteroatoms. The van der Waals surface area contributed by atoms with Gasteiger partial charge in [0.2, 0.25) is 11.2 Å². The maximum atomic E-state index is 13.9.